The average Bonchev–Trinajstić information content (AvgIpc) is 2.47. The molecule has 1 amide bonds. The van der Waals surface area contributed by atoms with Gasteiger partial charge in [-0.05, 0) is 35.4 Å². The second-order valence-corrected chi connectivity index (χ2v) is 5.77. The molecule has 2 atom stereocenters. The summed E-state index contributed by atoms with van der Waals surface area (Å²) >= 11 is 0. The number of hydrogen-bond acceptors (Lipinski definition) is 3. The maximum absolute atomic E-state index is 11.9. The van der Waals surface area contributed by atoms with Crippen LogP contribution in [0.4, 0.5) is 0 Å². The van der Waals surface area contributed by atoms with Crippen LogP contribution in [0.25, 0.3) is 0 Å². The number of ether oxygens (including phenoxy) is 1. The van der Waals surface area contributed by atoms with Crippen molar-refractivity contribution < 1.29 is 9.53 Å². The fraction of sp³-hybridized carbons (Fsp3) is 0.562. The van der Waals surface area contributed by atoms with Crippen molar-refractivity contribution >= 4 is 5.91 Å². The van der Waals surface area contributed by atoms with Gasteiger partial charge in [-0.15, -0.1) is 0 Å². The number of carbonyl (C=O) groups excluding carboxylic acids is 1. The number of fused-ring (bicyclic) bond motifs is 1. The van der Waals surface area contributed by atoms with Crippen molar-refractivity contribution in [2.45, 2.75) is 39.0 Å². The second kappa shape index (κ2) is 5.94. The van der Waals surface area contributed by atoms with Crippen LogP contribution < -0.4 is 10.6 Å². The van der Waals surface area contributed by atoms with Crippen molar-refractivity contribution in [2.75, 3.05) is 13.2 Å². The van der Waals surface area contributed by atoms with E-state index < -0.39 is 0 Å². The first kappa shape index (κ1) is 13.6. The Balaban J connectivity index is 1.70. The predicted octanol–water partition coefficient (Wildman–Crippen LogP) is 1.37. The van der Waals surface area contributed by atoms with Gasteiger partial charge in [-0.25, -0.2) is 0 Å². The van der Waals surface area contributed by atoms with E-state index in [0.29, 0.717) is 12.5 Å². The zero-order valence-corrected chi connectivity index (χ0v) is 11.9. The summed E-state index contributed by atoms with van der Waals surface area (Å²) in [4.78, 5) is 11.9. The van der Waals surface area contributed by atoms with Crippen LogP contribution in [0.5, 0.6) is 0 Å². The van der Waals surface area contributed by atoms with Crippen LogP contribution in [-0.2, 0) is 29.1 Å². The molecule has 0 bridgehead atoms. The third-order valence-corrected chi connectivity index (χ3v) is 4.39. The number of nitrogens with one attached hydrogen (secondary N) is 2. The zero-order chi connectivity index (χ0) is 13.9. The quantitative estimate of drug-likeness (QED) is 0.875. The molecule has 1 saturated heterocycles. The maximum Gasteiger partial charge on any atom is 0.237 e. The van der Waals surface area contributed by atoms with Crippen LogP contribution in [0.2, 0.25) is 0 Å². The minimum atomic E-state index is -0.0700. The van der Waals surface area contributed by atoms with E-state index in [4.69, 9.17) is 4.74 Å². The molecule has 4 heteroatoms. The SMILES string of the molecule is CC1CCNC(=O)C1NCc1cccc2c1CCOC2. The van der Waals surface area contributed by atoms with E-state index in [1.165, 1.54) is 16.7 Å². The largest absolute Gasteiger partial charge is 0.376 e. The van der Waals surface area contributed by atoms with E-state index in [9.17, 15) is 4.79 Å². The van der Waals surface area contributed by atoms with Crippen molar-refractivity contribution in [1.29, 1.82) is 0 Å². The number of carbonyl (C=O) groups is 1. The van der Waals surface area contributed by atoms with E-state index >= 15 is 0 Å². The molecule has 108 valence electrons. The minimum Gasteiger partial charge on any atom is -0.376 e. The Labute approximate surface area is 119 Å². The van der Waals surface area contributed by atoms with Gasteiger partial charge in [-0.1, -0.05) is 25.1 Å². The lowest BCUT2D eigenvalue weighted by Gasteiger charge is -2.30. The molecular weight excluding hydrogens is 252 g/mol. The summed E-state index contributed by atoms with van der Waals surface area (Å²) in [5.74, 6) is 0.531. The summed E-state index contributed by atoms with van der Waals surface area (Å²) in [6.07, 6.45) is 2.02. The normalized spacial score (nSPS) is 25.9. The van der Waals surface area contributed by atoms with Crippen molar-refractivity contribution in [3.05, 3.63) is 34.9 Å². The van der Waals surface area contributed by atoms with Gasteiger partial charge in [-0.2, -0.15) is 0 Å². The number of amides is 1. The number of piperidine rings is 1. The smallest absolute Gasteiger partial charge is 0.237 e. The summed E-state index contributed by atoms with van der Waals surface area (Å²) in [5, 5.41) is 6.37. The molecule has 2 aliphatic rings. The van der Waals surface area contributed by atoms with Crippen molar-refractivity contribution in [1.82, 2.24) is 10.6 Å². The summed E-state index contributed by atoms with van der Waals surface area (Å²) in [7, 11) is 0. The first-order valence-corrected chi connectivity index (χ1v) is 7.44. The Morgan fingerprint density at radius 3 is 3.20 bits per heavy atom. The molecule has 0 spiro atoms. The van der Waals surface area contributed by atoms with Crippen molar-refractivity contribution in [3.63, 3.8) is 0 Å². The summed E-state index contributed by atoms with van der Waals surface area (Å²) in [6, 6.07) is 6.30. The van der Waals surface area contributed by atoms with Gasteiger partial charge in [0.15, 0.2) is 0 Å². The van der Waals surface area contributed by atoms with Gasteiger partial charge >= 0.3 is 0 Å². The van der Waals surface area contributed by atoms with Crippen LogP contribution in [0, 0.1) is 5.92 Å². The molecule has 2 aliphatic heterocycles. The van der Waals surface area contributed by atoms with Crippen LogP contribution in [0.3, 0.4) is 0 Å². The minimum absolute atomic E-state index is 0.0700. The molecule has 20 heavy (non-hydrogen) atoms. The summed E-state index contributed by atoms with van der Waals surface area (Å²) < 4.78 is 5.49. The van der Waals surface area contributed by atoms with Crippen LogP contribution in [0.1, 0.15) is 30.0 Å². The Kier molecular flexibility index (Phi) is 4.03. The summed E-state index contributed by atoms with van der Waals surface area (Å²) in [5.41, 5.74) is 3.99. The standard InChI is InChI=1S/C16H22N2O2/c1-11-5-7-17-16(19)15(11)18-9-12-3-2-4-13-10-20-8-6-14(12)13/h2-4,11,15,18H,5-10H2,1H3,(H,17,19). The van der Waals surface area contributed by atoms with Crippen molar-refractivity contribution in [3.8, 4) is 0 Å². The first-order chi connectivity index (χ1) is 9.75. The predicted molar refractivity (Wildman–Crippen MR) is 77.2 cm³/mol. The molecule has 4 nitrogen and oxygen atoms in total. The van der Waals surface area contributed by atoms with Crippen molar-refractivity contribution in [2.24, 2.45) is 5.92 Å². The van der Waals surface area contributed by atoms with Gasteiger partial charge in [-0.3, -0.25) is 4.79 Å². The monoisotopic (exact) mass is 274 g/mol. The Hall–Kier alpha value is -1.39. The first-order valence-electron chi connectivity index (χ1n) is 7.44. The molecule has 0 radical (unpaired) electrons. The lowest BCUT2D eigenvalue weighted by molar-refractivity contribution is -0.126. The highest BCUT2D eigenvalue weighted by Gasteiger charge is 2.28. The fourth-order valence-electron chi connectivity index (χ4n) is 3.14. The van der Waals surface area contributed by atoms with Gasteiger partial charge in [0.25, 0.3) is 0 Å². The molecule has 2 N–H and O–H groups in total. The van der Waals surface area contributed by atoms with E-state index in [1.54, 1.807) is 0 Å². The highest BCUT2D eigenvalue weighted by molar-refractivity contribution is 5.82. The van der Waals surface area contributed by atoms with Gasteiger partial charge in [0.05, 0.1) is 19.3 Å². The number of rotatable bonds is 3. The van der Waals surface area contributed by atoms with Gasteiger partial charge in [0.1, 0.15) is 0 Å². The Morgan fingerprint density at radius 2 is 2.35 bits per heavy atom. The second-order valence-electron chi connectivity index (χ2n) is 5.77. The van der Waals surface area contributed by atoms with Crippen LogP contribution in [-0.4, -0.2) is 25.1 Å². The zero-order valence-electron chi connectivity index (χ0n) is 11.9. The maximum atomic E-state index is 11.9. The molecule has 1 aromatic carbocycles. The molecule has 3 rings (SSSR count). The van der Waals surface area contributed by atoms with E-state index in [-0.39, 0.29) is 11.9 Å². The lowest BCUT2D eigenvalue weighted by Crippen LogP contribution is -2.52. The number of benzene rings is 1. The van der Waals surface area contributed by atoms with Gasteiger partial charge in [0.2, 0.25) is 5.91 Å². The Bertz CT molecular complexity index is 501. The van der Waals surface area contributed by atoms with Crippen LogP contribution in [0.15, 0.2) is 18.2 Å². The average molecular weight is 274 g/mol. The van der Waals surface area contributed by atoms with Gasteiger partial charge < -0.3 is 15.4 Å². The molecule has 1 aromatic rings. The molecule has 2 heterocycles. The highest BCUT2D eigenvalue weighted by atomic mass is 16.5. The lowest BCUT2D eigenvalue weighted by atomic mass is 9.93. The molecule has 0 aliphatic carbocycles. The Morgan fingerprint density at radius 1 is 1.45 bits per heavy atom. The van der Waals surface area contributed by atoms with Gasteiger partial charge in [0, 0.05) is 13.1 Å². The third kappa shape index (κ3) is 2.72. The van der Waals surface area contributed by atoms with E-state index in [0.717, 1.165) is 32.5 Å². The fourth-order valence-corrected chi connectivity index (χ4v) is 3.14. The highest BCUT2D eigenvalue weighted by Crippen LogP contribution is 2.21. The van der Waals surface area contributed by atoms with Crippen LogP contribution >= 0.6 is 0 Å². The molecule has 0 aromatic heterocycles. The molecular formula is C16H22N2O2. The molecule has 2 unspecified atom stereocenters. The third-order valence-electron chi connectivity index (χ3n) is 4.39. The molecule has 1 fully saturated rings. The van der Waals surface area contributed by atoms with E-state index in [1.807, 2.05) is 0 Å². The number of hydrogen-bond donors (Lipinski definition) is 2. The molecule has 0 saturated carbocycles. The topological polar surface area (TPSA) is 50.4 Å². The van der Waals surface area contributed by atoms with E-state index in [2.05, 4.69) is 35.8 Å². The summed E-state index contributed by atoms with van der Waals surface area (Å²) in [6.45, 7) is 5.21.